The van der Waals surface area contributed by atoms with Crippen molar-refractivity contribution in [2.75, 3.05) is 40.3 Å². The summed E-state index contributed by atoms with van der Waals surface area (Å²) in [6.07, 6.45) is 0.894. The first-order valence-corrected chi connectivity index (χ1v) is 7.87. The second-order valence-corrected chi connectivity index (χ2v) is 8.00. The van der Waals surface area contributed by atoms with Gasteiger partial charge in [0.05, 0.1) is 17.3 Å². The Kier molecular flexibility index (Phi) is 4.51. The Morgan fingerprint density at radius 3 is 2.30 bits per heavy atom. The van der Waals surface area contributed by atoms with Crippen molar-refractivity contribution in [1.82, 2.24) is 9.80 Å². The summed E-state index contributed by atoms with van der Waals surface area (Å²) in [5.74, 6) is 0.933. The summed E-state index contributed by atoms with van der Waals surface area (Å²) >= 11 is 0. The molecule has 118 valence electrons. The van der Waals surface area contributed by atoms with E-state index in [1.807, 2.05) is 13.8 Å². The molecule has 1 N–H and O–H groups in total. The molecule has 0 bridgehead atoms. The number of rotatable bonds is 4. The van der Waals surface area contributed by atoms with E-state index in [1.165, 1.54) is 19.5 Å². The van der Waals surface area contributed by atoms with Crippen LogP contribution in [0.15, 0.2) is 0 Å². The van der Waals surface area contributed by atoms with Crippen molar-refractivity contribution in [3.63, 3.8) is 0 Å². The van der Waals surface area contributed by atoms with E-state index in [9.17, 15) is 5.11 Å². The van der Waals surface area contributed by atoms with Gasteiger partial charge in [0.25, 0.3) is 0 Å². The van der Waals surface area contributed by atoms with Crippen LogP contribution in [0.1, 0.15) is 34.1 Å². The van der Waals surface area contributed by atoms with Crippen LogP contribution in [0.25, 0.3) is 0 Å². The highest BCUT2D eigenvalue weighted by molar-refractivity contribution is 5.02. The van der Waals surface area contributed by atoms with Crippen LogP contribution in [-0.4, -0.2) is 72.5 Å². The van der Waals surface area contributed by atoms with E-state index in [0.29, 0.717) is 0 Å². The van der Waals surface area contributed by atoms with Gasteiger partial charge in [0.2, 0.25) is 0 Å². The largest absolute Gasteiger partial charge is 0.390 e. The van der Waals surface area contributed by atoms with E-state index in [0.717, 1.165) is 19.0 Å². The van der Waals surface area contributed by atoms with Crippen LogP contribution in [0.3, 0.4) is 0 Å². The number of nitrogens with zero attached hydrogens (tertiary/aromatic N) is 2. The molecule has 0 amide bonds. The van der Waals surface area contributed by atoms with Gasteiger partial charge in [0.1, 0.15) is 0 Å². The lowest BCUT2D eigenvalue weighted by atomic mass is 9.84. The molecule has 2 rings (SSSR count). The average molecular weight is 284 g/mol. The van der Waals surface area contributed by atoms with Gasteiger partial charge in [-0.05, 0) is 60.7 Å². The van der Waals surface area contributed by atoms with Gasteiger partial charge in [-0.3, -0.25) is 0 Å². The molecular weight excluding hydrogens is 252 g/mol. The van der Waals surface area contributed by atoms with Gasteiger partial charge in [-0.15, -0.1) is 0 Å². The number of ether oxygens (including phenoxy) is 1. The summed E-state index contributed by atoms with van der Waals surface area (Å²) < 4.78 is 6.06. The monoisotopic (exact) mass is 284 g/mol. The Balaban J connectivity index is 1.91. The molecule has 2 saturated heterocycles. The lowest BCUT2D eigenvalue weighted by Gasteiger charge is -2.31. The van der Waals surface area contributed by atoms with Crippen molar-refractivity contribution in [2.45, 2.75) is 51.4 Å². The highest BCUT2D eigenvalue weighted by Gasteiger charge is 2.53. The van der Waals surface area contributed by atoms with Crippen LogP contribution in [0.4, 0.5) is 0 Å². The topological polar surface area (TPSA) is 35.9 Å². The summed E-state index contributed by atoms with van der Waals surface area (Å²) in [4.78, 5) is 4.78. The molecule has 3 unspecified atom stereocenters. The molecule has 2 fully saturated rings. The normalized spacial score (nSPS) is 36.9. The van der Waals surface area contributed by atoms with Gasteiger partial charge in [0.15, 0.2) is 0 Å². The second-order valence-electron chi connectivity index (χ2n) is 8.00. The van der Waals surface area contributed by atoms with Crippen LogP contribution >= 0.6 is 0 Å². The molecule has 4 heteroatoms. The van der Waals surface area contributed by atoms with E-state index >= 15 is 0 Å². The predicted molar refractivity (Wildman–Crippen MR) is 81.8 cm³/mol. The van der Waals surface area contributed by atoms with Crippen molar-refractivity contribution in [3.05, 3.63) is 0 Å². The Hall–Kier alpha value is -0.160. The van der Waals surface area contributed by atoms with Crippen molar-refractivity contribution in [3.8, 4) is 0 Å². The van der Waals surface area contributed by atoms with Crippen LogP contribution in [-0.2, 0) is 4.74 Å². The number of aliphatic hydroxyl groups excluding tert-OH is 1. The summed E-state index contributed by atoms with van der Waals surface area (Å²) in [7, 11) is 4.37. The smallest absolute Gasteiger partial charge is 0.0896 e. The third kappa shape index (κ3) is 3.35. The molecule has 0 aliphatic carbocycles. The number of hydrogen-bond donors (Lipinski definition) is 1. The zero-order valence-electron chi connectivity index (χ0n) is 14.0. The molecule has 4 nitrogen and oxygen atoms in total. The SMILES string of the molecule is CN1CCC(CN(C)CC2C(O)C(C)(C)OC2(C)C)C1. The minimum atomic E-state index is -0.442. The minimum Gasteiger partial charge on any atom is -0.390 e. The predicted octanol–water partition coefficient (Wildman–Crippen LogP) is 1.43. The summed E-state index contributed by atoms with van der Waals surface area (Å²) in [6.45, 7) is 12.6. The molecule has 0 spiro atoms. The van der Waals surface area contributed by atoms with Crippen LogP contribution in [0.2, 0.25) is 0 Å². The van der Waals surface area contributed by atoms with Crippen LogP contribution in [0.5, 0.6) is 0 Å². The quantitative estimate of drug-likeness (QED) is 0.847. The molecule has 0 saturated carbocycles. The maximum atomic E-state index is 10.5. The Morgan fingerprint density at radius 1 is 1.20 bits per heavy atom. The summed E-state index contributed by atoms with van der Waals surface area (Å²) in [5.41, 5.74) is -0.702. The lowest BCUT2D eigenvalue weighted by Crippen LogP contribution is -2.43. The highest BCUT2D eigenvalue weighted by atomic mass is 16.5. The first-order chi connectivity index (χ1) is 9.12. The minimum absolute atomic E-state index is 0.168. The van der Waals surface area contributed by atoms with Gasteiger partial charge < -0.3 is 19.6 Å². The molecule has 0 aromatic heterocycles. The zero-order chi connectivity index (χ0) is 15.1. The van der Waals surface area contributed by atoms with Gasteiger partial charge in [0, 0.05) is 25.6 Å². The van der Waals surface area contributed by atoms with E-state index in [-0.39, 0.29) is 11.5 Å². The van der Waals surface area contributed by atoms with Crippen LogP contribution in [0, 0.1) is 11.8 Å². The molecule has 0 radical (unpaired) electrons. The molecule has 2 aliphatic heterocycles. The number of hydrogen-bond acceptors (Lipinski definition) is 4. The van der Waals surface area contributed by atoms with E-state index < -0.39 is 11.7 Å². The third-order valence-electron chi connectivity index (χ3n) is 5.08. The maximum Gasteiger partial charge on any atom is 0.0896 e. The highest BCUT2D eigenvalue weighted by Crippen LogP contribution is 2.42. The number of likely N-dealkylation sites (tertiary alicyclic amines) is 1. The molecule has 2 aliphatic rings. The van der Waals surface area contributed by atoms with Gasteiger partial charge >= 0.3 is 0 Å². The molecule has 3 atom stereocenters. The molecular formula is C16H32N2O2. The van der Waals surface area contributed by atoms with E-state index in [1.54, 1.807) is 0 Å². The first kappa shape index (κ1) is 16.2. The number of aliphatic hydroxyl groups is 1. The fourth-order valence-electron chi connectivity index (χ4n) is 4.02. The van der Waals surface area contributed by atoms with E-state index in [2.05, 4.69) is 37.7 Å². The second kappa shape index (κ2) is 5.56. The fraction of sp³-hybridized carbons (Fsp3) is 1.00. The van der Waals surface area contributed by atoms with Crippen molar-refractivity contribution in [2.24, 2.45) is 11.8 Å². The van der Waals surface area contributed by atoms with Gasteiger partial charge in [-0.2, -0.15) is 0 Å². The zero-order valence-corrected chi connectivity index (χ0v) is 14.0. The molecule has 0 aromatic carbocycles. The van der Waals surface area contributed by atoms with Crippen molar-refractivity contribution < 1.29 is 9.84 Å². The Labute approximate surface area is 124 Å². The van der Waals surface area contributed by atoms with Crippen LogP contribution < -0.4 is 0 Å². The Bertz CT molecular complexity index is 343. The summed E-state index contributed by atoms with van der Waals surface area (Å²) in [6, 6.07) is 0. The third-order valence-corrected chi connectivity index (χ3v) is 5.08. The van der Waals surface area contributed by atoms with Crippen molar-refractivity contribution >= 4 is 0 Å². The molecule has 20 heavy (non-hydrogen) atoms. The van der Waals surface area contributed by atoms with E-state index in [4.69, 9.17) is 4.74 Å². The molecule has 0 aromatic rings. The first-order valence-electron chi connectivity index (χ1n) is 7.87. The van der Waals surface area contributed by atoms with Gasteiger partial charge in [-0.25, -0.2) is 0 Å². The van der Waals surface area contributed by atoms with Gasteiger partial charge in [-0.1, -0.05) is 0 Å². The Morgan fingerprint density at radius 2 is 1.85 bits per heavy atom. The standard InChI is InChI=1S/C16H32N2O2/c1-15(2)13(14(19)16(3,4)20-15)11-18(6)10-12-7-8-17(5)9-12/h12-14,19H,7-11H2,1-6H3. The van der Waals surface area contributed by atoms with Crippen molar-refractivity contribution in [1.29, 1.82) is 0 Å². The molecule has 2 heterocycles. The fourth-order valence-corrected chi connectivity index (χ4v) is 4.02. The average Bonchev–Trinajstić information content (AvgIpc) is 2.74. The summed E-state index contributed by atoms with van der Waals surface area (Å²) in [5, 5.41) is 10.5. The lowest BCUT2D eigenvalue weighted by molar-refractivity contribution is -0.0913. The maximum absolute atomic E-state index is 10.5.